The highest BCUT2D eigenvalue weighted by atomic mass is 16.3. The van der Waals surface area contributed by atoms with Crippen molar-refractivity contribution in [3.8, 4) is 22.6 Å². The third kappa shape index (κ3) is 2.66. The van der Waals surface area contributed by atoms with Crippen molar-refractivity contribution >= 4 is 43.1 Å². The number of furan rings is 1. The molecule has 0 saturated carbocycles. The molecule has 0 aliphatic carbocycles. The van der Waals surface area contributed by atoms with E-state index in [2.05, 4.69) is 115 Å². The molecule has 1 heterocycles. The van der Waals surface area contributed by atoms with Crippen molar-refractivity contribution in [3.05, 3.63) is 121 Å². The van der Waals surface area contributed by atoms with Gasteiger partial charge in [-0.25, -0.2) is 0 Å². The van der Waals surface area contributed by atoms with Gasteiger partial charge in [0.2, 0.25) is 0 Å². The van der Waals surface area contributed by atoms with Gasteiger partial charge in [0.15, 0.2) is 0 Å². The maximum atomic E-state index is 6.71. The fraction of sp³-hybridized carbons (Fsp3) is 0. The van der Waals surface area contributed by atoms with E-state index >= 15 is 0 Å². The van der Waals surface area contributed by atoms with Gasteiger partial charge < -0.3 is 4.42 Å². The molecule has 0 bridgehead atoms. The largest absolute Gasteiger partial charge is 0.455 e. The van der Waals surface area contributed by atoms with E-state index in [4.69, 9.17) is 4.42 Å². The van der Waals surface area contributed by atoms with E-state index in [1.54, 1.807) is 0 Å². The van der Waals surface area contributed by atoms with Crippen LogP contribution in [-0.2, 0) is 0 Å². The van der Waals surface area contributed by atoms with Crippen molar-refractivity contribution in [2.45, 2.75) is 0 Å². The molecule has 0 unspecified atom stereocenters. The molecule has 0 spiro atoms. The second-order valence-corrected chi connectivity index (χ2v) is 8.49. The smallest absolute Gasteiger partial charge is 0.143 e. The molecule has 0 aliphatic heterocycles. The molecule has 6 aromatic carbocycles. The number of fused-ring (bicyclic) bond motifs is 7. The summed E-state index contributed by atoms with van der Waals surface area (Å²) in [5.41, 5.74) is 2.23. The van der Waals surface area contributed by atoms with E-state index in [9.17, 15) is 0 Å². The molecule has 0 N–H and O–H groups in total. The summed E-state index contributed by atoms with van der Waals surface area (Å²) in [5.74, 6) is 1.85. The standard InChI is InChI=1S/C32H20O/c1-2-11-21(12-3-1)31-27-17-8-9-18-28(27)32(33-31)29-20-10-19-26-24-14-5-4-13-22(24)23-15-6-7-16-25(23)30(26)29/h1-20H. The van der Waals surface area contributed by atoms with Crippen LogP contribution in [0.5, 0.6) is 0 Å². The van der Waals surface area contributed by atoms with Crippen molar-refractivity contribution in [1.29, 1.82) is 0 Å². The molecule has 0 radical (unpaired) electrons. The third-order valence-electron chi connectivity index (χ3n) is 6.67. The average molecular weight is 421 g/mol. The normalized spacial score (nSPS) is 11.6. The van der Waals surface area contributed by atoms with Gasteiger partial charge in [0.1, 0.15) is 11.5 Å². The fourth-order valence-corrected chi connectivity index (χ4v) is 5.24. The van der Waals surface area contributed by atoms with Crippen LogP contribution < -0.4 is 0 Å². The zero-order chi connectivity index (χ0) is 21.8. The lowest BCUT2D eigenvalue weighted by Crippen LogP contribution is -1.86. The molecular formula is C32H20O. The highest BCUT2D eigenvalue weighted by molar-refractivity contribution is 6.29. The highest BCUT2D eigenvalue weighted by Gasteiger charge is 2.19. The van der Waals surface area contributed by atoms with Crippen molar-refractivity contribution < 1.29 is 4.42 Å². The summed E-state index contributed by atoms with van der Waals surface area (Å²) in [6.07, 6.45) is 0. The lowest BCUT2D eigenvalue weighted by molar-refractivity contribution is 0.602. The van der Waals surface area contributed by atoms with Crippen molar-refractivity contribution in [2.75, 3.05) is 0 Å². The maximum Gasteiger partial charge on any atom is 0.143 e. The van der Waals surface area contributed by atoms with Gasteiger partial charge in [-0.15, -0.1) is 0 Å². The van der Waals surface area contributed by atoms with Gasteiger partial charge in [0.25, 0.3) is 0 Å². The molecule has 1 heteroatoms. The summed E-state index contributed by atoms with van der Waals surface area (Å²) in [5, 5.41) is 9.85. The van der Waals surface area contributed by atoms with Gasteiger partial charge in [0.05, 0.1) is 0 Å². The fourth-order valence-electron chi connectivity index (χ4n) is 5.24. The van der Waals surface area contributed by atoms with E-state index < -0.39 is 0 Å². The topological polar surface area (TPSA) is 13.1 Å². The van der Waals surface area contributed by atoms with Crippen LogP contribution in [0.3, 0.4) is 0 Å². The average Bonchev–Trinajstić information content (AvgIpc) is 3.29. The summed E-state index contributed by atoms with van der Waals surface area (Å²) in [6.45, 7) is 0. The van der Waals surface area contributed by atoms with Gasteiger partial charge >= 0.3 is 0 Å². The summed E-state index contributed by atoms with van der Waals surface area (Å²) >= 11 is 0. The molecule has 0 aliphatic rings. The lowest BCUT2D eigenvalue weighted by atomic mass is 9.90. The molecule has 0 atom stereocenters. The predicted octanol–water partition coefficient (Wildman–Crippen LogP) is 9.23. The van der Waals surface area contributed by atoms with Crippen LogP contribution in [-0.4, -0.2) is 0 Å². The Labute approximate surface area is 191 Å². The van der Waals surface area contributed by atoms with Crippen molar-refractivity contribution in [3.63, 3.8) is 0 Å². The number of rotatable bonds is 2. The second-order valence-electron chi connectivity index (χ2n) is 8.49. The number of benzene rings is 6. The number of hydrogen-bond donors (Lipinski definition) is 0. The van der Waals surface area contributed by atoms with Gasteiger partial charge in [-0.2, -0.15) is 0 Å². The quantitative estimate of drug-likeness (QED) is 0.254. The first-order valence-electron chi connectivity index (χ1n) is 11.3. The van der Waals surface area contributed by atoms with E-state index in [0.717, 1.165) is 33.4 Å². The molecular weight excluding hydrogens is 400 g/mol. The van der Waals surface area contributed by atoms with Crippen LogP contribution in [0.4, 0.5) is 0 Å². The molecule has 154 valence electrons. The van der Waals surface area contributed by atoms with Crippen LogP contribution in [0, 0.1) is 0 Å². The van der Waals surface area contributed by atoms with Gasteiger partial charge in [-0.3, -0.25) is 0 Å². The summed E-state index contributed by atoms with van der Waals surface area (Å²) in [4.78, 5) is 0. The molecule has 0 amide bonds. The summed E-state index contributed by atoms with van der Waals surface area (Å²) in [6, 6.07) is 42.9. The molecule has 33 heavy (non-hydrogen) atoms. The first-order chi connectivity index (χ1) is 16.4. The SMILES string of the molecule is c1ccc(-c2oc(-c3cccc4c5ccccc5c5ccccc5c34)c3ccccc23)cc1. The Kier molecular flexibility index (Phi) is 3.91. The molecule has 7 aromatic rings. The minimum atomic E-state index is 0.920. The predicted molar refractivity (Wildman–Crippen MR) is 140 cm³/mol. The van der Waals surface area contributed by atoms with E-state index in [-0.39, 0.29) is 0 Å². The zero-order valence-corrected chi connectivity index (χ0v) is 18.0. The minimum absolute atomic E-state index is 0.920. The monoisotopic (exact) mass is 420 g/mol. The minimum Gasteiger partial charge on any atom is -0.455 e. The second kappa shape index (κ2) is 7.08. The Bertz CT molecular complexity index is 1760. The Balaban J connectivity index is 1.66. The Morgan fingerprint density at radius 2 is 0.788 bits per heavy atom. The summed E-state index contributed by atoms with van der Waals surface area (Å²) < 4.78 is 6.71. The van der Waals surface area contributed by atoms with Crippen LogP contribution in [0.25, 0.3) is 65.7 Å². The van der Waals surface area contributed by atoms with Crippen LogP contribution >= 0.6 is 0 Å². The molecule has 1 nitrogen and oxygen atoms in total. The van der Waals surface area contributed by atoms with Gasteiger partial charge in [-0.1, -0.05) is 121 Å². The Hall–Kier alpha value is -4.36. The summed E-state index contributed by atoms with van der Waals surface area (Å²) in [7, 11) is 0. The molecule has 0 fully saturated rings. The Morgan fingerprint density at radius 3 is 1.42 bits per heavy atom. The van der Waals surface area contributed by atoms with Gasteiger partial charge in [0, 0.05) is 27.3 Å². The van der Waals surface area contributed by atoms with Crippen LogP contribution in [0.1, 0.15) is 0 Å². The zero-order valence-electron chi connectivity index (χ0n) is 18.0. The number of hydrogen-bond acceptors (Lipinski definition) is 1. The molecule has 1 aromatic heterocycles. The first kappa shape index (κ1) is 18.2. The van der Waals surface area contributed by atoms with Crippen molar-refractivity contribution in [2.24, 2.45) is 0 Å². The molecule has 0 saturated heterocycles. The van der Waals surface area contributed by atoms with Crippen molar-refractivity contribution in [1.82, 2.24) is 0 Å². The van der Waals surface area contributed by atoms with E-state index in [1.807, 2.05) is 6.07 Å². The Morgan fingerprint density at radius 1 is 0.333 bits per heavy atom. The lowest BCUT2D eigenvalue weighted by Gasteiger charge is -2.13. The van der Waals surface area contributed by atoms with E-state index in [1.165, 1.54) is 32.3 Å². The maximum absolute atomic E-state index is 6.71. The molecule has 7 rings (SSSR count). The van der Waals surface area contributed by atoms with Crippen LogP contribution in [0.2, 0.25) is 0 Å². The first-order valence-corrected chi connectivity index (χ1v) is 11.3. The van der Waals surface area contributed by atoms with Gasteiger partial charge in [-0.05, 0) is 26.9 Å². The van der Waals surface area contributed by atoms with E-state index in [0.29, 0.717) is 0 Å². The van der Waals surface area contributed by atoms with Crippen LogP contribution in [0.15, 0.2) is 126 Å². The third-order valence-corrected chi connectivity index (χ3v) is 6.67. The highest BCUT2D eigenvalue weighted by Crippen LogP contribution is 2.44.